The number of benzene rings is 1. The molecule has 3 atom stereocenters. The van der Waals surface area contributed by atoms with Crippen molar-refractivity contribution >= 4 is 37.6 Å². The number of nitrogens with zero attached hydrogens (tertiary/aromatic N) is 2. The Bertz CT molecular complexity index is 593. The SMILES string of the molecule is C=CCN(C)C1CC(C(=O)OC)N(C(=O)[CH]([Pb])c2ccccc2)C1. The third kappa shape index (κ3) is 4.24. The van der Waals surface area contributed by atoms with Crippen LogP contribution in [0, 0.1) is 0 Å². The van der Waals surface area contributed by atoms with Crippen molar-refractivity contribution in [3.05, 3.63) is 48.6 Å². The Balaban J connectivity index is 2.19. The first-order valence-corrected chi connectivity index (χ1v) is 10.2. The van der Waals surface area contributed by atoms with E-state index < -0.39 is 6.04 Å². The summed E-state index contributed by atoms with van der Waals surface area (Å²) in [6, 6.07) is 9.41. The van der Waals surface area contributed by atoms with Gasteiger partial charge in [0.15, 0.2) is 0 Å². The average Bonchev–Trinajstić information content (AvgIpc) is 3.06. The Labute approximate surface area is 159 Å². The number of carbonyl (C=O) groups excluding carboxylic acids is 2. The second kappa shape index (κ2) is 8.75. The standard InChI is InChI=1S/C18H23N2O3.Pb/c1-4-10-19(2)15-12-16(18(22)23-3)20(13-15)17(21)11-14-8-6-5-7-9-14;/h4-9,11,15-16H,1,10,12-13H2,2-3H3;. The van der Waals surface area contributed by atoms with E-state index >= 15 is 0 Å². The minimum absolute atomic E-state index is 0.0257. The first kappa shape index (κ1) is 19.1. The van der Waals surface area contributed by atoms with Gasteiger partial charge in [-0.3, -0.25) is 0 Å². The zero-order chi connectivity index (χ0) is 17.7. The van der Waals surface area contributed by atoms with Gasteiger partial charge in [-0.1, -0.05) is 0 Å². The molecule has 1 aromatic rings. The van der Waals surface area contributed by atoms with Gasteiger partial charge in [0.2, 0.25) is 0 Å². The van der Waals surface area contributed by atoms with Gasteiger partial charge in [-0.2, -0.15) is 0 Å². The molecule has 2 rings (SSSR count). The van der Waals surface area contributed by atoms with E-state index in [2.05, 4.69) is 11.5 Å². The van der Waals surface area contributed by atoms with Crippen molar-refractivity contribution in [2.24, 2.45) is 0 Å². The zero-order valence-corrected chi connectivity index (χ0v) is 18.0. The summed E-state index contributed by atoms with van der Waals surface area (Å²) in [5.41, 5.74) is 1.01. The molecule has 1 saturated heterocycles. The van der Waals surface area contributed by atoms with Gasteiger partial charge in [0.25, 0.3) is 0 Å². The number of hydrogen-bond acceptors (Lipinski definition) is 4. The van der Waals surface area contributed by atoms with Crippen LogP contribution in [0.25, 0.3) is 0 Å². The molecule has 1 aromatic carbocycles. The van der Waals surface area contributed by atoms with Crippen LogP contribution in [-0.4, -0.2) is 86.8 Å². The quantitative estimate of drug-likeness (QED) is 0.320. The van der Waals surface area contributed by atoms with Crippen molar-refractivity contribution in [3.63, 3.8) is 0 Å². The van der Waals surface area contributed by atoms with E-state index in [1.54, 1.807) is 4.90 Å². The van der Waals surface area contributed by atoms with Gasteiger partial charge in [0.1, 0.15) is 0 Å². The van der Waals surface area contributed by atoms with Gasteiger partial charge in [0.05, 0.1) is 0 Å². The molecule has 1 heterocycles. The van der Waals surface area contributed by atoms with Gasteiger partial charge in [-0.25, -0.2) is 0 Å². The molecule has 1 fully saturated rings. The second-order valence-electron chi connectivity index (χ2n) is 5.99. The number of carbonyl (C=O) groups is 2. The van der Waals surface area contributed by atoms with Crippen molar-refractivity contribution < 1.29 is 14.3 Å². The van der Waals surface area contributed by atoms with Crippen LogP contribution in [0.4, 0.5) is 0 Å². The molecule has 6 heteroatoms. The van der Waals surface area contributed by atoms with Gasteiger partial charge < -0.3 is 0 Å². The van der Waals surface area contributed by atoms with Crippen molar-refractivity contribution in [2.45, 2.75) is 22.0 Å². The molecule has 1 amide bonds. The van der Waals surface area contributed by atoms with Gasteiger partial charge in [-0.15, -0.1) is 0 Å². The molecule has 3 radical (unpaired) electrons. The Morgan fingerprint density at radius 3 is 2.71 bits per heavy atom. The Kier molecular flexibility index (Phi) is 6.97. The summed E-state index contributed by atoms with van der Waals surface area (Å²) in [5.74, 6) is -0.308. The van der Waals surface area contributed by atoms with Crippen LogP contribution in [0.1, 0.15) is 15.5 Å². The van der Waals surface area contributed by atoms with Crippen LogP contribution in [0.15, 0.2) is 43.0 Å². The fourth-order valence-electron chi connectivity index (χ4n) is 3.04. The average molecular weight is 523 g/mol. The van der Waals surface area contributed by atoms with E-state index in [0.29, 0.717) is 38.7 Å². The van der Waals surface area contributed by atoms with Crippen LogP contribution < -0.4 is 0 Å². The fourth-order valence-corrected chi connectivity index (χ4v) is 4.44. The number of hydrogen-bond donors (Lipinski definition) is 0. The molecule has 5 nitrogen and oxygen atoms in total. The third-order valence-corrected chi connectivity index (χ3v) is 6.71. The normalized spacial score (nSPS) is 21.6. The Hall–Kier alpha value is -1.22. The molecule has 3 unspecified atom stereocenters. The van der Waals surface area contributed by atoms with Crippen LogP contribution in [0.3, 0.4) is 0 Å². The minimum atomic E-state index is -0.500. The van der Waals surface area contributed by atoms with Crippen molar-refractivity contribution in [3.8, 4) is 0 Å². The maximum atomic E-state index is 13.0. The van der Waals surface area contributed by atoms with E-state index in [1.165, 1.54) is 7.11 Å². The van der Waals surface area contributed by atoms with E-state index in [1.807, 2.05) is 43.5 Å². The molecule has 1 aliphatic rings. The number of amides is 1. The predicted molar refractivity (Wildman–Crippen MR) is 93.7 cm³/mol. The first-order valence-electron chi connectivity index (χ1n) is 7.95. The van der Waals surface area contributed by atoms with E-state index in [9.17, 15) is 9.59 Å². The predicted octanol–water partition coefficient (Wildman–Crippen LogP) is 1.16. The topological polar surface area (TPSA) is 49.9 Å². The molecule has 24 heavy (non-hydrogen) atoms. The van der Waals surface area contributed by atoms with Crippen molar-refractivity contribution in [1.82, 2.24) is 9.80 Å². The molecule has 0 aromatic heterocycles. The summed E-state index contributed by atoms with van der Waals surface area (Å²) in [4.78, 5) is 29.0. The third-order valence-electron chi connectivity index (χ3n) is 4.46. The number of ether oxygens (including phenoxy) is 1. The summed E-state index contributed by atoms with van der Waals surface area (Å²) in [6.45, 7) is 5.03. The van der Waals surface area contributed by atoms with E-state index in [-0.39, 0.29) is 21.4 Å². The molecular formula is C18H23N2O3Pb. The summed E-state index contributed by atoms with van der Waals surface area (Å²) in [6.07, 6.45) is 2.43. The van der Waals surface area contributed by atoms with Crippen LogP contribution >= 0.6 is 0 Å². The maximum absolute atomic E-state index is 13.0. The van der Waals surface area contributed by atoms with Crippen molar-refractivity contribution in [2.75, 3.05) is 27.2 Å². The van der Waals surface area contributed by atoms with Crippen LogP contribution in [0.5, 0.6) is 0 Å². The number of likely N-dealkylation sites (tertiary alicyclic amines) is 1. The van der Waals surface area contributed by atoms with Gasteiger partial charge >= 0.3 is 160 Å². The fraction of sp³-hybridized carbons (Fsp3) is 0.444. The molecule has 0 spiro atoms. The molecule has 0 N–H and O–H groups in total. The molecule has 0 saturated carbocycles. The number of likely N-dealkylation sites (N-methyl/N-ethyl adjacent to an activating group) is 1. The number of esters is 1. The number of rotatable bonds is 6. The van der Waals surface area contributed by atoms with Crippen LogP contribution in [-0.2, 0) is 14.3 Å². The summed E-state index contributed by atoms with van der Waals surface area (Å²) in [7, 11) is 3.37. The molecular weight excluding hydrogens is 499 g/mol. The van der Waals surface area contributed by atoms with Gasteiger partial charge in [-0.05, 0) is 0 Å². The van der Waals surface area contributed by atoms with E-state index in [4.69, 9.17) is 4.74 Å². The summed E-state index contributed by atoms with van der Waals surface area (Å²) < 4.78 is 4.78. The molecule has 0 aliphatic carbocycles. The molecule has 127 valence electrons. The second-order valence-corrected chi connectivity index (χ2v) is 8.24. The van der Waals surface area contributed by atoms with Crippen LogP contribution in [0.2, 0.25) is 0 Å². The summed E-state index contributed by atoms with van der Waals surface area (Å²) >= 11 is 0.702. The summed E-state index contributed by atoms with van der Waals surface area (Å²) in [5, 5.41) is 0. The van der Waals surface area contributed by atoms with Gasteiger partial charge in [0, 0.05) is 0 Å². The zero-order valence-electron chi connectivity index (χ0n) is 14.1. The van der Waals surface area contributed by atoms with E-state index in [0.717, 1.165) is 12.1 Å². The number of methoxy groups -OCH3 is 1. The monoisotopic (exact) mass is 523 g/mol. The molecule has 1 aliphatic heterocycles. The van der Waals surface area contributed by atoms with Crippen molar-refractivity contribution in [1.29, 1.82) is 0 Å². The molecule has 0 bridgehead atoms. The first-order chi connectivity index (χ1) is 11.5. The Morgan fingerprint density at radius 1 is 1.46 bits per heavy atom. The Morgan fingerprint density at radius 2 is 2.12 bits per heavy atom.